The van der Waals surface area contributed by atoms with Gasteiger partial charge in [-0.1, -0.05) is 85.2 Å². The molecule has 3 atom stereocenters. The predicted octanol–water partition coefficient (Wildman–Crippen LogP) is 7.95. The van der Waals surface area contributed by atoms with Gasteiger partial charge in [-0.15, -0.1) is 11.3 Å². The van der Waals surface area contributed by atoms with E-state index < -0.39 is 5.60 Å². The lowest BCUT2D eigenvalue weighted by Gasteiger charge is -2.33. The largest absolute Gasteiger partial charge is 0.469 e. The van der Waals surface area contributed by atoms with Crippen molar-refractivity contribution in [2.24, 2.45) is 11.8 Å². The Morgan fingerprint density at radius 3 is 2.14 bits per heavy atom. The van der Waals surface area contributed by atoms with Gasteiger partial charge in [0.2, 0.25) is 0 Å². The highest BCUT2D eigenvalue weighted by Crippen LogP contribution is 2.21. The second-order valence-corrected chi connectivity index (χ2v) is 12.7. The molecule has 9 heteroatoms. The molecule has 0 aliphatic heterocycles. The number of esters is 1. The number of ether oxygens (including phenoxy) is 2. The van der Waals surface area contributed by atoms with Gasteiger partial charge in [-0.2, -0.15) is 0 Å². The first-order valence-corrected chi connectivity index (χ1v) is 16.4. The maximum atomic E-state index is 13.1. The van der Waals surface area contributed by atoms with E-state index in [2.05, 4.69) is 38.0 Å². The first kappa shape index (κ1) is 40.1. The normalized spacial score (nSPS) is 12.9. The Hall–Kier alpha value is -2.94. The van der Waals surface area contributed by atoms with Crippen molar-refractivity contribution in [1.82, 2.24) is 15.2 Å². The summed E-state index contributed by atoms with van der Waals surface area (Å²) < 4.78 is 10.4. The average Bonchev–Trinajstić information content (AvgIpc) is 3.42. The number of aromatic nitrogens is 1. The molecule has 0 radical (unpaired) electrons. The number of hydrogen-bond donors (Lipinski definition) is 1. The van der Waals surface area contributed by atoms with Crippen LogP contribution < -0.4 is 5.32 Å². The molecule has 0 bridgehead atoms. The highest BCUT2D eigenvalue weighted by Gasteiger charge is 2.28. The van der Waals surface area contributed by atoms with Crippen LogP contribution in [0, 0.1) is 11.8 Å². The zero-order valence-corrected chi connectivity index (χ0v) is 29.5. The average molecular weight is 620 g/mol. The van der Waals surface area contributed by atoms with E-state index in [9.17, 15) is 14.4 Å². The van der Waals surface area contributed by atoms with Crippen LogP contribution >= 0.6 is 11.3 Å². The molecule has 0 saturated heterocycles. The molecule has 1 aromatic heterocycles. The third-order valence-corrected chi connectivity index (χ3v) is 7.20. The summed E-state index contributed by atoms with van der Waals surface area (Å²) in [6, 6.07) is 9.58. The number of rotatable bonds is 12. The number of benzene rings is 1. The van der Waals surface area contributed by atoms with Gasteiger partial charge in [0.1, 0.15) is 11.3 Å². The number of aryl methyl sites for hydroxylation is 1. The molecule has 0 aliphatic rings. The molecule has 2 aromatic rings. The van der Waals surface area contributed by atoms with E-state index in [4.69, 9.17) is 9.47 Å². The lowest BCUT2D eigenvalue weighted by atomic mass is 9.96. The molecule has 8 nitrogen and oxygen atoms in total. The van der Waals surface area contributed by atoms with Crippen LogP contribution in [-0.2, 0) is 27.1 Å². The Kier molecular flexibility index (Phi) is 19.4. The SMILES string of the molecule is CC.CCC.COC(=O)C(C)CC(Cc1ccccc1)NC(=O)c1csc(CCC(C(C)C)N(C)C(=O)OC(C)(C)C)n1. The van der Waals surface area contributed by atoms with Gasteiger partial charge < -0.3 is 19.7 Å². The van der Waals surface area contributed by atoms with Crippen LogP contribution in [0.15, 0.2) is 35.7 Å². The third kappa shape index (κ3) is 15.9. The van der Waals surface area contributed by atoms with Gasteiger partial charge in [0, 0.05) is 30.9 Å². The van der Waals surface area contributed by atoms with Crippen molar-refractivity contribution in [3.63, 3.8) is 0 Å². The topological polar surface area (TPSA) is 97.8 Å². The molecule has 2 rings (SSSR count). The minimum Gasteiger partial charge on any atom is -0.469 e. The fraction of sp³-hybridized carbons (Fsp3) is 0.647. The summed E-state index contributed by atoms with van der Waals surface area (Å²) in [5.74, 6) is -0.693. The molecule has 244 valence electrons. The van der Waals surface area contributed by atoms with Crippen LogP contribution in [0.25, 0.3) is 0 Å². The van der Waals surface area contributed by atoms with E-state index >= 15 is 0 Å². The zero-order valence-electron chi connectivity index (χ0n) is 28.7. The number of nitrogens with one attached hydrogen (secondary N) is 1. The summed E-state index contributed by atoms with van der Waals surface area (Å²) in [7, 11) is 3.14. The van der Waals surface area contributed by atoms with Crippen molar-refractivity contribution < 1.29 is 23.9 Å². The number of methoxy groups -OCH3 is 1. The van der Waals surface area contributed by atoms with Crippen LogP contribution in [-0.4, -0.2) is 59.7 Å². The van der Waals surface area contributed by atoms with Crippen LogP contribution in [0.1, 0.15) is 110 Å². The summed E-state index contributed by atoms with van der Waals surface area (Å²) in [5.41, 5.74) is 0.871. The van der Waals surface area contributed by atoms with Crippen molar-refractivity contribution in [2.75, 3.05) is 14.2 Å². The molecule has 43 heavy (non-hydrogen) atoms. The number of nitrogens with zero attached hydrogens (tertiary/aromatic N) is 2. The molecule has 1 aromatic carbocycles. The highest BCUT2D eigenvalue weighted by molar-refractivity contribution is 7.09. The Morgan fingerprint density at radius 2 is 1.63 bits per heavy atom. The number of carbonyl (C=O) groups is 3. The summed E-state index contributed by atoms with van der Waals surface area (Å²) in [6.45, 7) is 19.8. The second-order valence-electron chi connectivity index (χ2n) is 11.8. The molecule has 1 N–H and O–H groups in total. The minimum absolute atomic E-state index is 0.0268. The summed E-state index contributed by atoms with van der Waals surface area (Å²) >= 11 is 1.43. The maximum Gasteiger partial charge on any atom is 0.410 e. The van der Waals surface area contributed by atoms with E-state index in [1.54, 1.807) is 24.3 Å². The van der Waals surface area contributed by atoms with Crippen LogP contribution in [0.3, 0.4) is 0 Å². The highest BCUT2D eigenvalue weighted by atomic mass is 32.1. The number of hydrogen-bond acceptors (Lipinski definition) is 7. The molecule has 2 amide bonds. The Morgan fingerprint density at radius 1 is 1.05 bits per heavy atom. The minimum atomic E-state index is -0.558. The van der Waals surface area contributed by atoms with Crippen molar-refractivity contribution in [3.05, 3.63) is 52.0 Å². The Balaban J connectivity index is 0.00000331. The van der Waals surface area contributed by atoms with Crippen LogP contribution in [0.2, 0.25) is 0 Å². The van der Waals surface area contributed by atoms with E-state index in [0.717, 1.165) is 10.6 Å². The van der Waals surface area contributed by atoms with Crippen molar-refractivity contribution >= 4 is 29.3 Å². The fourth-order valence-electron chi connectivity index (χ4n) is 4.32. The number of amides is 2. The van der Waals surface area contributed by atoms with Crippen LogP contribution in [0.5, 0.6) is 0 Å². The van der Waals surface area contributed by atoms with Gasteiger partial charge in [-0.25, -0.2) is 9.78 Å². The lowest BCUT2D eigenvalue weighted by Crippen LogP contribution is -2.43. The van der Waals surface area contributed by atoms with Crippen molar-refractivity contribution in [1.29, 1.82) is 0 Å². The number of thiazole rings is 1. The second kappa shape index (κ2) is 20.9. The number of carbonyl (C=O) groups excluding carboxylic acids is 3. The molecular weight excluding hydrogens is 562 g/mol. The van der Waals surface area contributed by atoms with Gasteiger partial charge in [-0.3, -0.25) is 9.59 Å². The van der Waals surface area contributed by atoms with Gasteiger partial charge in [-0.05, 0) is 51.5 Å². The summed E-state index contributed by atoms with van der Waals surface area (Å²) in [6.07, 6.45) is 3.30. The molecule has 0 saturated carbocycles. The van der Waals surface area contributed by atoms with Gasteiger partial charge >= 0.3 is 12.1 Å². The Labute approximate surface area is 265 Å². The van der Waals surface area contributed by atoms with Crippen molar-refractivity contribution in [2.45, 2.75) is 119 Å². The van der Waals surface area contributed by atoms with E-state index in [-0.39, 0.29) is 41.9 Å². The molecule has 1 heterocycles. The quantitative estimate of drug-likeness (QED) is 0.242. The van der Waals surface area contributed by atoms with E-state index in [1.807, 2.05) is 65.0 Å². The van der Waals surface area contributed by atoms with E-state index in [0.29, 0.717) is 31.4 Å². The zero-order chi connectivity index (χ0) is 33.2. The van der Waals surface area contributed by atoms with Crippen molar-refractivity contribution in [3.8, 4) is 0 Å². The first-order chi connectivity index (χ1) is 20.2. The standard InChI is InChI=1S/C29H43N3O5S.C3H8.C2H6/c1-19(2)24(32(7)28(35)37-29(4,5)6)14-15-25-31-23(18-38-25)26(33)30-22(16-20(3)27(34)36-8)17-21-12-10-9-11-13-21;1-3-2;1-2/h9-13,18-20,22,24H,14-17H2,1-8H3,(H,30,33);3H2,1-2H3;1-2H3. The molecule has 3 unspecified atom stereocenters. The smallest absolute Gasteiger partial charge is 0.410 e. The van der Waals surface area contributed by atoms with Gasteiger partial charge in [0.25, 0.3) is 5.91 Å². The fourth-order valence-corrected chi connectivity index (χ4v) is 5.11. The monoisotopic (exact) mass is 619 g/mol. The maximum absolute atomic E-state index is 13.1. The van der Waals surface area contributed by atoms with Gasteiger partial charge in [0.15, 0.2) is 0 Å². The molecule has 0 aliphatic carbocycles. The third-order valence-electron chi connectivity index (χ3n) is 6.29. The molecule has 0 spiro atoms. The summed E-state index contributed by atoms with van der Waals surface area (Å²) in [5, 5.41) is 5.67. The first-order valence-electron chi connectivity index (χ1n) is 15.5. The van der Waals surface area contributed by atoms with E-state index in [1.165, 1.54) is 24.9 Å². The lowest BCUT2D eigenvalue weighted by molar-refractivity contribution is -0.145. The predicted molar refractivity (Wildman–Crippen MR) is 178 cm³/mol. The van der Waals surface area contributed by atoms with Crippen LogP contribution in [0.4, 0.5) is 4.79 Å². The molecule has 0 fully saturated rings. The Bertz CT molecular complexity index is 1070. The summed E-state index contributed by atoms with van der Waals surface area (Å²) in [4.78, 5) is 43.9. The van der Waals surface area contributed by atoms with Gasteiger partial charge in [0.05, 0.1) is 18.0 Å². The molecular formula is C34H57N3O5S.